The number of nitrogens with one attached hydrogen (secondary N) is 1. The van der Waals surface area contributed by atoms with Crippen LogP contribution in [0.5, 0.6) is 0 Å². The summed E-state index contributed by atoms with van der Waals surface area (Å²) in [6, 6.07) is 6.22. The van der Waals surface area contributed by atoms with Gasteiger partial charge in [0.1, 0.15) is 5.82 Å². The molecule has 1 aromatic carbocycles. The first-order valence-electron chi connectivity index (χ1n) is 6.31. The maximum Gasteiger partial charge on any atom is 0.307 e. The number of nitrogens with zero attached hydrogens (tertiary/aromatic N) is 1. The van der Waals surface area contributed by atoms with Crippen molar-refractivity contribution in [3.63, 3.8) is 0 Å². The summed E-state index contributed by atoms with van der Waals surface area (Å²) in [5.41, 5.74) is 0.419. The smallest absolute Gasteiger partial charge is 0.307 e. The zero-order chi connectivity index (χ0) is 15.1. The molecule has 110 valence electrons. The lowest BCUT2D eigenvalue weighted by Gasteiger charge is -2.18. The Morgan fingerprint density at radius 1 is 1.40 bits per heavy atom. The number of amides is 1. The first-order chi connectivity index (χ1) is 9.40. The molecule has 1 unspecified atom stereocenters. The normalized spacial score (nSPS) is 12.2. The Hall–Kier alpha value is -1.95. The number of carbonyl (C=O) groups excluding carboxylic acids is 1. The van der Waals surface area contributed by atoms with Gasteiger partial charge in [-0.15, -0.1) is 0 Å². The molecule has 0 aliphatic rings. The SMILES string of the molecule is CC(CN(C)CC(=O)NCc1ccccc1F)C(=O)O. The molecule has 0 saturated carbocycles. The van der Waals surface area contributed by atoms with Crippen LogP contribution in [0.25, 0.3) is 0 Å². The molecule has 0 spiro atoms. The highest BCUT2D eigenvalue weighted by molar-refractivity contribution is 5.78. The van der Waals surface area contributed by atoms with Gasteiger partial charge < -0.3 is 10.4 Å². The van der Waals surface area contributed by atoms with Gasteiger partial charge in [0.2, 0.25) is 5.91 Å². The van der Waals surface area contributed by atoms with E-state index in [0.717, 1.165) is 0 Å². The number of rotatable bonds is 7. The second kappa shape index (κ2) is 7.59. The quantitative estimate of drug-likeness (QED) is 0.785. The maximum atomic E-state index is 13.3. The predicted octanol–water partition coefficient (Wildman–Crippen LogP) is 1.09. The van der Waals surface area contributed by atoms with Crippen molar-refractivity contribution in [2.45, 2.75) is 13.5 Å². The van der Waals surface area contributed by atoms with Gasteiger partial charge in [-0.1, -0.05) is 25.1 Å². The number of carbonyl (C=O) groups is 2. The number of carboxylic acid groups (broad SMARTS) is 1. The van der Waals surface area contributed by atoms with Crippen molar-refractivity contribution in [2.75, 3.05) is 20.1 Å². The Bertz CT molecular complexity index is 479. The topological polar surface area (TPSA) is 69.6 Å². The van der Waals surface area contributed by atoms with Gasteiger partial charge in [0.15, 0.2) is 0 Å². The summed E-state index contributed by atoms with van der Waals surface area (Å²) < 4.78 is 13.3. The molecule has 0 aliphatic carbocycles. The van der Waals surface area contributed by atoms with Crippen LogP contribution in [-0.4, -0.2) is 42.0 Å². The third-order valence-corrected chi connectivity index (χ3v) is 2.85. The van der Waals surface area contributed by atoms with E-state index in [4.69, 9.17) is 5.11 Å². The van der Waals surface area contributed by atoms with Crippen molar-refractivity contribution in [3.05, 3.63) is 35.6 Å². The molecule has 0 aromatic heterocycles. The van der Waals surface area contributed by atoms with Crippen LogP contribution in [0.1, 0.15) is 12.5 Å². The molecule has 1 rings (SSSR count). The molecule has 6 heteroatoms. The molecule has 5 nitrogen and oxygen atoms in total. The van der Waals surface area contributed by atoms with E-state index in [-0.39, 0.29) is 31.4 Å². The van der Waals surface area contributed by atoms with Crippen LogP contribution in [0.15, 0.2) is 24.3 Å². The molecule has 1 atom stereocenters. The molecule has 0 bridgehead atoms. The van der Waals surface area contributed by atoms with Crippen molar-refractivity contribution in [3.8, 4) is 0 Å². The standard InChI is InChI=1S/C14H19FN2O3/c1-10(14(19)20)8-17(2)9-13(18)16-7-11-5-3-4-6-12(11)15/h3-6,10H,7-9H2,1-2H3,(H,16,18)(H,19,20). The molecule has 2 N–H and O–H groups in total. The van der Waals surface area contributed by atoms with Crippen LogP contribution in [-0.2, 0) is 16.1 Å². The maximum absolute atomic E-state index is 13.3. The molecule has 0 radical (unpaired) electrons. The number of hydrogen-bond donors (Lipinski definition) is 2. The zero-order valence-electron chi connectivity index (χ0n) is 11.6. The van der Waals surface area contributed by atoms with Gasteiger partial charge in [0.05, 0.1) is 12.5 Å². The first-order valence-corrected chi connectivity index (χ1v) is 6.31. The van der Waals surface area contributed by atoms with Gasteiger partial charge in [-0.2, -0.15) is 0 Å². The van der Waals surface area contributed by atoms with E-state index in [1.807, 2.05) is 0 Å². The molecule has 0 fully saturated rings. The van der Waals surface area contributed by atoms with E-state index in [9.17, 15) is 14.0 Å². The third kappa shape index (κ3) is 5.36. The third-order valence-electron chi connectivity index (χ3n) is 2.85. The molecule has 20 heavy (non-hydrogen) atoms. The predicted molar refractivity (Wildman–Crippen MR) is 72.5 cm³/mol. The van der Waals surface area contributed by atoms with Crippen molar-refractivity contribution in [2.24, 2.45) is 5.92 Å². The summed E-state index contributed by atoms with van der Waals surface area (Å²) in [6.45, 7) is 2.05. The highest BCUT2D eigenvalue weighted by atomic mass is 19.1. The first kappa shape index (κ1) is 16.1. The largest absolute Gasteiger partial charge is 0.481 e. The minimum atomic E-state index is -0.899. The van der Waals surface area contributed by atoms with E-state index < -0.39 is 11.9 Å². The van der Waals surface area contributed by atoms with Crippen LogP contribution in [0.2, 0.25) is 0 Å². The van der Waals surface area contributed by atoms with Crippen LogP contribution in [0, 0.1) is 11.7 Å². The minimum Gasteiger partial charge on any atom is -0.481 e. The van der Waals surface area contributed by atoms with Gasteiger partial charge in [-0.05, 0) is 13.1 Å². The fourth-order valence-corrected chi connectivity index (χ4v) is 1.75. The lowest BCUT2D eigenvalue weighted by atomic mass is 10.2. The summed E-state index contributed by atoms with van der Waals surface area (Å²) in [5.74, 6) is -2.07. The Labute approximate surface area is 117 Å². The highest BCUT2D eigenvalue weighted by Crippen LogP contribution is 2.05. The molecule has 0 heterocycles. The fourth-order valence-electron chi connectivity index (χ4n) is 1.75. The lowest BCUT2D eigenvalue weighted by Crippen LogP contribution is -2.38. The van der Waals surface area contributed by atoms with E-state index in [1.165, 1.54) is 6.07 Å². The summed E-state index contributed by atoms with van der Waals surface area (Å²) in [5, 5.41) is 11.4. The Morgan fingerprint density at radius 2 is 2.05 bits per heavy atom. The van der Waals surface area contributed by atoms with Crippen LogP contribution >= 0.6 is 0 Å². The molecule has 1 amide bonds. The number of carboxylic acids is 1. The number of hydrogen-bond acceptors (Lipinski definition) is 3. The average molecular weight is 282 g/mol. The number of aliphatic carboxylic acids is 1. The van der Waals surface area contributed by atoms with Gasteiger partial charge in [0, 0.05) is 18.7 Å². The summed E-state index contributed by atoms with van der Waals surface area (Å²) in [7, 11) is 1.67. The Kier molecular flexibility index (Phi) is 6.11. The monoisotopic (exact) mass is 282 g/mol. The fraction of sp³-hybridized carbons (Fsp3) is 0.429. The van der Waals surface area contributed by atoms with Gasteiger partial charge >= 0.3 is 5.97 Å². The van der Waals surface area contributed by atoms with Crippen molar-refractivity contribution in [1.82, 2.24) is 10.2 Å². The molecule has 0 aliphatic heterocycles. The Morgan fingerprint density at radius 3 is 2.65 bits per heavy atom. The van der Waals surface area contributed by atoms with Gasteiger partial charge in [-0.25, -0.2) is 4.39 Å². The van der Waals surface area contributed by atoms with E-state index in [0.29, 0.717) is 5.56 Å². The molecule has 1 aromatic rings. The second-order valence-corrected chi connectivity index (χ2v) is 4.80. The highest BCUT2D eigenvalue weighted by Gasteiger charge is 2.15. The average Bonchev–Trinajstić information content (AvgIpc) is 2.37. The van der Waals surface area contributed by atoms with E-state index >= 15 is 0 Å². The number of halogens is 1. The van der Waals surface area contributed by atoms with Gasteiger partial charge in [0.25, 0.3) is 0 Å². The molecular formula is C14H19FN2O3. The Balaban J connectivity index is 2.37. The molecule has 0 saturated heterocycles. The minimum absolute atomic E-state index is 0.0755. The molecular weight excluding hydrogens is 263 g/mol. The zero-order valence-corrected chi connectivity index (χ0v) is 11.6. The van der Waals surface area contributed by atoms with Crippen LogP contribution < -0.4 is 5.32 Å². The summed E-state index contributed by atoms with van der Waals surface area (Å²) >= 11 is 0. The summed E-state index contributed by atoms with van der Waals surface area (Å²) in [6.07, 6.45) is 0. The van der Waals surface area contributed by atoms with Crippen LogP contribution in [0.4, 0.5) is 4.39 Å². The lowest BCUT2D eigenvalue weighted by molar-refractivity contribution is -0.142. The second-order valence-electron chi connectivity index (χ2n) is 4.80. The van der Waals surface area contributed by atoms with Gasteiger partial charge in [-0.3, -0.25) is 14.5 Å². The number of benzene rings is 1. The van der Waals surface area contributed by atoms with Crippen molar-refractivity contribution in [1.29, 1.82) is 0 Å². The van der Waals surface area contributed by atoms with Crippen LogP contribution in [0.3, 0.4) is 0 Å². The van der Waals surface area contributed by atoms with E-state index in [2.05, 4.69) is 5.32 Å². The summed E-state index contributed by atoms with van der Waals surface area (Å²) in [4.78, 5) is 24.0. The van der Waals surface area contributed by atoms with Crippen molar-refractivity contribution < 1.29 is 19.1 Å². The van der Waals surface area contributed by atoms with Crippen molar-refractivity contribution >= 4 is 11.9 Å². The number of likely N-dealkylation sites (N-methyl/N-ethyl adjacent to an activating group) is 1. The van der Waals surface area contributed by atoms with E-state index in [1.54, 1.807) is 37.1 Å².